The van der Waals surface area contributed by atoms with Crippen molar-refractivity contribution in [2.45, 2.75) is 32.8 Å². The predicted octanol–water partition coefficient (Wildman–Crippen LogP) is 1.72. The van der Waals surface area contributed by atoms with E-state index in [2.05, 4.69) is 5.16 Å². The molecule has 1 aromatic rings. The minimum atomic E-state index is -0.600. The number of benzene rings is 1. The Kier molecular flexibility index (Phi) is 5.17. The monoisotopic (exact) mass is 250 g/mol. The third kappa shape index (κ3) is 4.08. The summed E-state index contributed by atoms with van der Waals surface area (Å²) in [5.41, 5.74) is 6.84. The van der Waals surface area contributed by atoms with Crippen LogP contribution in [0.5, 0.6) is 5.75 Å². The van der Waals surface area contributed by atoms with Crippen LogP contribution in [0.25, 0.3) is 0 Å². The summed E-state index contributed by atoms with van der Waals surface area (Å²) in [6.45, 7) is 3.58. The summed E-state index contributed by atoms with van der Waals surface area (Å²) in [5.74, 6) is 0.132. The van der Waals surface area contributed by atoms with Crippen LogP contribution in [0, 0.1) is 0 Å². The summed E-state index contributed by atoms with van der Waals surface area (Å²) in [5, 5.41) is 11.7. The molecule has 0 fully saturated rings. The highest BCUT2D eigenvalue weighted by Crippen LogP contribution is 2.15. The van der Waals surface area contributed by atoms with E-state index in [4.69, 9.17) is 15.7 Å². The smallest absolute Gasteiger partial charge is 0.258 e. The standard InChI is InChI=1S/C13H18N2O3/c1-3-12(13(14)16)18-11-6-4-10(5-7-11)8-9(2)15-17/h4-7,12,17H,3,8H2,1-2H3,(H2,14,16)/b15-9+. The minimum Gasteiger partial charge on any atom is -0.481 e. The lowest BCUT2D eigenvalue weighted by molar-refractivity contribution is -0.124. The summed E-state index contributed by atoms with van der Waals surface area (Å²) in [6.07, 6.45) is 0.508. The number of nitrogens with zero attached hydrogens (tertiary/aromatic N) is 1. The Morgan fingerprint density at radius 3 is 2.50 bits per heavy atom. The van der Waals surface area contributed by atoms with Crippen LogP contribution < -0.4 is 10.5 Å². The number of carbonyl (C=O) groups is 1. The molecule has 1 amide bonds. The fourth-order valence-corrected chi connectivity index (χ4v) is 1.52. The van der Waals surface area contributed by atoms with Gasteiger partial charge in [0.15, 0.2) is 6.10 Å². The molecule has 0 radical (unpaired) electrons. The normalized spacial score (nSPS) is 13.1. The van der Waals surface area contributed by atoms with Gasteiger partial charge in [-0.2, -0.15) is 0 Å². The third-order valence-corrected chi connectivity index (χ3v) is 2.52. The molecule has 0 aliphatic rings. The Balaban J connectivity index is 2.68. The molecule has 3 N–H and O–H groups in total. The number of nitrogens with two attached hydrogens (primary N) is 1. The first-order valence-electron chi connectivity index (χ1n) is 5.79. The van der Waals surface area contributed by atoms with E-state index >= 15 is 0 Å². The van der Waals surface area contributed by atoms with Crippen molar-refractivity contribution in [1.29, 1.82) is 0 Å². The molecule has 0 aliphatic heterocycles. The Hall–Kier alpha value is -2.04. The lowest BCUT2D eigenvalue weighted by atomic mass is 10.1. The second-order valence-corrected chi connectivity index (χ2v) is 4.07. The van der Waals surface area contributed by atoms with Crippen LogP contribution in [0.4, 0.5) is 0 Å². The maximum atomic E-state index is 11.0. The first-order valence-corrected chi connectivity index (χ1v) is 5.79. The van der Waals surface area contributed by atoms with E-state index in [9.17, 15) is 4.79 Å². The van der Waals surface area contributed by atoms with Crippen LogP contribution in [0.3, 0.4) is 0 Å². The maximum Gasteiger partial charge on any atom is 0.258 e. The predicted molar refractivity (Wildman–Crippen MR) is 68.9 cm³/mol. The number of rotatable bonds is 6. The number of primary amides is 1. The van der Waals surface area contributed by atoms with E-state index < -0.39 is 12.0 Å². The Morgan fingerprint density at radius 2 is 2.06 bits per heavy atom. The number of hydrogen-bond donors (Lipinski definition) is 2. The molecule has 0 saturated carbocycles. The molecule has 0 bridgehead atoms. The van der Waals surface area contributed by atoms with Crippen molar-refractivity contribution in [1.82, 2.24) is 0 Å². The van der Waals surface area contributed by atoms with E-state index in [0.29, 0.717) is 24.3 Å². The van der Waals surface area contributed by atoms with Crippen LogP contribution in [-0.2, 0) is 11.2 Å². The fraction of sp³-hybridized carbons (Fsp3) is 0.385. The van der Waals surface area contributed by atoms with E-state index in [-0.39, 0.29) is 0 Å². The zero-order valence-electron chi connectivity index (χ0n) is 10.6. The SMILES string of the molecule is CCC(Oc1ccc(C/C(C)=N/O)cc1)C(N)=O. The molecule has 5 nitrogen and oxygen atoms in total. The Morgan fingerprint density at radius 1 is 1.44 bits per heavy atom. The molecule has 5 heteroatoms. The van der Waals surface area contributed by atoms with Gasteiger partial charge in [0.2, 0.25) is 0 Å². The van der Waals surface area contributed by atoms with Gasteiger partial charge in [-0.05, 0) is 31.0 Å². The van der Waals surface area contributed by atoms with Gasteiger partial charge in [0.1, 0.15) is 5.75 Å². The number of hydrogen-bond acceptors (Lipinski definition) is 4. The zero-order valence-corrected chi connectivity index (χ0v) is 10.6. The van der Waals surface area contributed by atoms with Crippen molar-refractivity contribution in [3.63, 3.8) is 0 Å². The van der Waals surface area contributed by atoms with E-state index in [0.717, 1.165) is 5.56 Å². The summed E-state index contributed by atoms with van der Waals surface area (Å²) >= 11 is 0. The van der Waals surface area contributed by atoms with Crippen LogP contribution in [-0.4, -0.2) is 22.9 Å². The van der Waals surface area contributed by atoms with E-state index in [1.165, 1.54) is 0 Å². The number of amides is 1. The van der Waals surface area contributed by atoms with Gasteiger partial charge in [0, 0.05) is 6.42 Å². The van der Waals surface area contributed by atoms with Crippen molar-refractivity contribution in [2.75, 3.05) is 0 Å². The molecule has 0 saturated heterocycles. The van der Waals surface area contributed by atoms with Crippen LogP contribution in [0.15, 0.2) is 29.4 Å². The highest BCUT2D eigenvalue weighted by atomic mass is 16.5. The van der Waals surface area contributed by atoms with Crippen molar-refractivity contribution < 1.29 is 14.7 Å². The average molecular weight is 250 g/mol. The molecule has 1 aromatic carbocycles. The quantitative estimate of drug-likeness (QED) is 0.458. The summed E-state index contributed by atoms with van der Waals surface area (Å²) in [4.78, 5) is 11.0. The van der Waals surface area contributed by atoms with Crippen molar-refractivity contribution in [2.24, 2.45) is 10.9 Å². The van der Waals surface area contributed by atoms with Gasteiger partial charge in [0.05, 0.1) is 5.71 Å². The van der Waals surface area contributed by atoms with Gasteiger partial charge >= 0.3 is 0 Å². The van der Waals surface area contributed by atoms with Gasteiger partial charge < -0.3 is 15.7 Å². The third-order valence-electron chi connectivity index (χ3n) is 2.52. The van der Waals surface area contributed by atoms with Gasteiger partial charge in [-0.25, -0.2) is 0 Å². The molecule has 1 atom stereocenters. The lowest BCUT2D eigenvalue weighted by Crippen LogP contribution is -2.32. The summed E-state index contributed by atoms with van der Waals surface area (Å²) in [6, 6.07) is 7.26. The Labute approximate surface area is 106 Å². The minimum absolute atomic E-state index is 0.468. The average Bonchev–Trinajstić information content (AvgIpc) is 2.37. The molecule has 0 spiro atoms. The van der Waals surface area contributed by atoms with Crippen molar-refractivity contribution in [3.05, 3.63) is 29.8 Å². The molecule has 1 rings (SSSR count). The first-order chi connectivity index (χ1) is 8.56. The molecule has 98 valence electrons. The number of carbonyl (C=O) groups excluding carboxylic acids is 1. The van der Waals surface area contributed by atoms with Gasteiger partial charge in [0.25, 0.3) is 5.91 Å². The highest BCUT2D eigenvalue weighted by molar-refractivity contribution is 5.83. The zero-order chi connectivity index (χ0) is 13.5. The first kappa shape index (κ1) is 14.0. The molecule has 18 heavy (non-hydrogen) atoms. The second kappa shape index (κ2) is 6.64. The number of oxime groups is 1. The lowest BCUT2D eigenvalue weighted by Gasteiger charge is -2.14. The highest BCUT2D eigenvalue weighted by Gasteiger charge is 2.14. The molecular weight excluding hydrogens is 232 g/mol. The molecule has 0 aliphatic carbocycles. The van der Waals surface area contributed by atoms with Gasteiger partial charge in [-0.3, -0.25) is 4.79 Å². The topological polar surface area (TPSA) is 84.9 Å². The van der Waals surface area contributed by atoms with Crippen LogP contribution in [0.1, 0.15) is 25.8 Å². The Bertz CT molecular complexity index is 426. The molecule has 0 aromatic heterocycles. The number of ether oxygens (including phenoxy) is 1. The summed E-state index contributed by atoms with van der Waals surface area (Å²) in [7, 11) is 0. The van der Waals surface area contributed by atoms with Crippen LogP contribution in [0.2, 0.25) is 0 Å². The fourth-order valence-electron chi connectivity index (χ4n) is 1.52. The molecule has 1 unspecified atom stereocenters. The van der Waals surface area contributed by atoms with E-state index in [1.54, 1.807) is 19.1 Å². The van der Waals surface area contributed by atoms with Crippen LogP contribution >= 0.6 is 0 Å². The van der Waals surface area contributed by atoms with Gasteiger partial charge in [-0.15, -0.1) is 0 Å². The largest absolute Gasteiger partial charge is 0.481 e. The second-order valence-electron chi connectivity index (χ2n) is 4.07. The van der Waals surface area contributed by atoms with E-state index in [1.807, 2.05) is 19.1 Å². The molecule has 0 heterocycles. The summed E-state index contributed by atoms with van der Waals surface area (Å²) < 4.78 is 5.46. The maximum absolute atomic E-state index is 11.0. The molecular formula is C13H18N2O3. The van der Waals surface area contributed by atoms with Crippen molar-refractivity contribution >= 4 is 11.6 Å². The van der Waals surface area contributed by atoms with Crippen molar-refractivity contribution in [3.8, 4) is 5.75 Å². The van der Waals surface area contributed by atoms with Gasteiger partial charge in [-0.1, -0.05) is 24.2 Å².